The molecule has 1 fully saturated rings. The summed E-state index contributed by atoms with van der Waals surface area (Å²) in [4.78, 5) is 37.0. The molecule has 1 heterocycles. The molecule has 1 N–H and O–H groups in total. The predicted octanol–water partition coefficient (Wildman–Crippen LogP) is 2.17. The van der Waals surface area contributed by atoms with E-state index in [0.29, 0.717) is 43.6 Å². The molecule has 0 saturated carbocycles. The Labute approximate surface area is 176 Å². The number of anilines is 2. The normalized spacial score (nSPS) is 13.5. The summed E-state index contributed by atoms with van der Waals surface area (Å²) in [6, 6.07) is 3.56. The van der Waals surface area contributed by atoms with E-state index in [4.69, 9.17) is 18.9 Å². The van der Waals surface area contributed by atoms with Crippen LogP contribution in [0.25, 0.3) is 0 Å². The van der Waals surface area contributed by atoms with Gasteiger partial charge in [0.25, 0.3) is 5.91 Å². The third kappa shape index (κ3) is 7.22. The van der Waals surface area contributed by atoms with E-state index in [-0.39, 0.29) is 18.6 Å². The van der Waals surface area contributed by atoms with Crippen LogP contribution in [0, 0.1) is 0 Å². The molecular formula is C21H30N2O7. The number of hydrogen-bond acceptors (Lipinski definition) is 8. The van der Waals surface area contributed by atoms with Crippen molar-refractivity contribution in [2.24, 2.45) is 0 Å². The second-order valence-corrected chi connectivity index (χ2v) is 6.69. The predicted molar refractivity (Wildman–Crippen MR) is 111 cm³/mol. The van der Waals surface area contributed by atoms with Crippen molar-refractivity contribution >= 4 is 29.0 Å². The molecule has 0 aromatic heterocycles. The number of esters is 1. The number of morpholine rings is 1. The number of amides is 1. The summed E-state index contributed by atoms with van der Waals surface area (Å²) in [6.45, 7) is 8.29. The van der Waals surface area contributed by atoms with Crippen molar-refractivity contribution in [1.29, 1.82) is 0 Å². The van der Waals surface area contributed by atoms with Crippen LogP contribution in [0.4, 0.5) is 11.4 Å². The van der Waals surface area contributed by atoms with E-state index in [1.165, 1.54) is 6.92 Å². The van der Waals surface area contributed by atoms with Crippen LogP contribution in [0.5, 0.6) is 11.5 Å². The van der Waals surface area contributed by atoms with Gasteiger partial charge in [-0.1, -0.05) is 0 Å². The highest BCUT2D eigenvalue weighted by Gasteiger charge is 2.20. The summed E-state index contributed by atoms with van der Waals surface area (Å²) in [5.74, 6) is -0.0892. The quantitative estimate of drug-likeness (QED) is 0.541. The first-order chi connectivity index (χ1) is 14.4. The van der Waals surface area contributed by atoms with Crippen LogP contribution in [0.15, 0.2) is 12.1 Å². The Kier molecular flexibility index (Phi) is 9.40. The minimum Gasteiger partial charge on any atom is -0.492 e. The number of nitrogens with zero attached hydrogens (tertiary/aromatic N) is 1. The molecule has 0 aliphatic carbocycles. The molecule has 0 unspecified atom stereocenters. The van der Waals surface area contributed by atoms with Crippen LogP contribution in [-0.2, 0) is 23.9 Å². The van der Waals surface area contributed by atoms with E-state index in [1.807, 2.05) is 19.9 Å². The monoisotopic (exact) mass is 422 g/mol. The molecule has 1 saturated heterocycles. The van der Waals surface area contributed by atoms with E-state index in [2.05, 4.69) is 10.2 Å². The van der Waals surface area contributed by atoms with Gasteiger partial charge < -0.3 is 34.0 Å². The summed E-state index contributed by atoms with van der Waals surface area (Å²) in [5, 5.41) is 2.71. The fourth-order valence-corrected chi connectivity index (χ4v) is 2.93. The number of benzene rings is 1. The third-order valence-electron chi connectivity index (χ3n) is 4.33. The zero-order valence-electron chi connectivity index (χ0n) is 17.8. The molecule has 0 bridgehead atoms. The Bertz CT molecular complexity index is 745. The van der Waals surface area contributed by atoms with Gasteiger partial charge in [-0.3, -0.25) is 9.59 Å². The van der Waals surface area contributed by atoms with Crippen LogP contribution in [0.2, 0.25) is 0 Å². The van der Waals surface area contributed by atoms with Crippen LogP contribution < -0.4 is 19.7 Å². The summed E-state index contributed by atoms with van der Waals surface area (Å²) >= 11 is 0. The second-order valence-electron chi connectivity index (χ2n) is 6.69. The Balaban J connectivity index is 2.12. The number of rotatable bonds is 11. The lowest BCUT2D eigenvalue weighted by Crippen LogP contribution is -2.36. The maximum atomic E-state index is 12.3. The molecule has 9 heteroatoms. The fourth-order valence-electron chi connectivity index (χ4n) is 2.93. The molecule has 1 aromatic carbocycles. The first kappa shape index (κ1) is 23.5. The molecule has 1 aromatic rings. The lowest BCUT2D eigenvalue weighted by atomic mass is 10.2. The van der Waals surface area contributed by atoms with Gasteiger partial charge in [0, 0.05) is 31.6 Å². The van der Waals surface area contributed by atoms with Crippen LogP contribution in [-0.4, -0.2) is 63.8 Å². The van der Waals surface area contributed by atoms with E-state index in [1.54, 1.807) is 6.07 Å². The number of hydrogen-bond donors (Lipinski definition) is 1. The smallest absolute Gasteiger partial charge is 0.306 e. The van der Waals surface area contributed by atoms with Gasteiger partial charge in [0.1, 0.15) is 17.3 Å². The zero-order chi connectivity index (χ0) is 21.9. The van der Waals surface area contributed by atoms with Gasteiger partial charge in [0.15, 0.2) is 6.61 Å². The minimum absolute atomic E-state index is 0.0461. The standard InChI is InChI=1S/C21H30N2O7/c1-4-28-18-13-17(23-8-10-27-11-9-23)19(29-5-2)12-16(18)22-20(25)14-30-21(26)7-6-15(3)24/h12-13H,4-11,14H2,1-3H3,(H,22,25). The molecule has 2 rings (SSSR count). The van der Waals surface area contributed by atoms with E-state index in [0.717, 1.165) is 18.8 Å². The Morgan fingerprint density at radius 3 is 2.33 bits per heavy atom. The molecule has 0 spiro atoms. The lowest BCUT2D eigenvalue weighted by molar-refractivity contribution is -0.148. The Morgan fingerprint density at radius 1 is 1.03 bits per heavy atom. The molecule has 166 valence electrons. The number of carbonyl (C=O) groups is 3. The van der Waals surface area contributed by atoms with Crippen molar-refractivity contribution in [3.05, 3.63) is 12.1 Å². The van der Waals surface area contributed by atoms with E-state index < -0.39 is 18.5 Å². The number of ketones is 1. The van der Waals surface area contributed by atoms with Gasteiger partial charge in [0.2, 0.25) is 0 Å². The van der Waals surface area contributed by atoms with Gasteiger partial charge in [-0.15, -0.1) is 0 Å². The first-order valence-corrected chi connectivity index (χ1v) is 10.2. The lowest BCUT2D eigenvalue weighted by Gasteiger charge is -2.31. The van der Waals surface area contributed by atoms with Gasteiger partial charge >= 0.3 is 5.97 Å². The van der Waals surface area contributed by atoms with Crippen molar-refractivity contribution in [2.75, 3.05) is 56.3 Å². The summed E-state index contributed by atoms with van der Waals surface area (Å²) < 4.78 is 21.9. The number of Topliss-reactive ketones (excluding diaryl/α,β-unsaturated/α-hetero) is 1. The second kappa shape index (κ2) is 12.0. The van der Waals surface area contributed by atoms with Crippen LogP contribution >= 0.6 is 0 Å². The molecule has 0 atom stereocenters. The van der Waals surface area contributed by atoms with Gasteiger partial charge in [-0.2, -0.15) is 0 Å². The third-order valence-corrected chi connectivity index (χ3v) is 4.33. The largest absolute Gasteiger partial charge is 0.492 e. The zero-order valence-corrected chi connectivity index (χ0v) is 17.8. The molecular weight excluding hydrogens is 392 g/mol. The highest BCUT2D eigenvalue weighted by molar-refractivity contribution is 5.95. The molecule has 0 radical (unpaired) electrons. The average molecular weight is 422 g/mol. The van der Waals surface area contributed by atoms with Crippen molar-refractivity contribution in [1.82, 2.24) is 0 Å². The van der Waals surface area contributed by atoms with Crippen molar-refractivity contribution in [3.63, 3.8) is 0 Å². The minimum atomic E-state index is -0.594. The average Bonchev–Trinajstić information content (AvgIpc) is 2.73. The maximum Gasteiger partial charge on any atom is 0.306 e. The summed E-state index contributed by atoms with van der Waals surface area (Å²) in [7, 11) is 0. The molecule has 1 aliphatic rings. The Hall–Kier alpha value is -2.81. The molecule has 1 amide bonds. The van der Waals surface area contributed by atoms with Gasteiger partial charge in [-0.25, -0.2) is 0 Å². The summed E-state index contributed by atoms with van der Waals surface area (Å²) in [5.41, 5.74) is 1.30. The molecule has 1 aliphatic heterocycles. The van der Waals surface area contributed by atoms with Crippen molar-refractivity contribution < 1.29 is 33.3 Å². The highest BCUT2D eigenvalue weighted by atomic mass is 16.5. The van der Waals surface area contributed by atoms with E-state index in [9.17, 15) is 14.4 Å². The van der Waals surface area contributed by atoms with Crippen LogP contribution in [0.1, 0.15) is 33.6 Å². The molecule has 9 nitrogen and oxygen atoms in total. The van der Waals surface area contributed by atoms with Gasteiger partial charge in [0.05, 0.1) is 44.2 Å². The fraction of sp³-hybridized carbons (Fsp3) is 0.571. The topological polar surface area (TPSA) is 103 Å². The van der Waals surface area contributed by atoms with E-state index >= 15 is 0 Å². The molecule has 30 heavy (non-hydrogen) atoms. The number of nitrogens with one attached hydrogen (secondary N) is 1. The highest BCUT2D eigenvalue weighted by Crippen LogP contribution is 2.39. The van der Waals surface area contributed by atoms with Crippen LogP contribution in [0.3, 0.4) is 0 Å². The number of ether oxygens (including phenoxy) is 4. The Morgan fingerprint density at radius 2 is 1.70 bits per heavy atom. The first-order valence-electron chi connectivity index (χ1n) is 10.2. The summed E-state index contributed by atoms with van der Waals surface area (Å²) in [6.07, 6.45) is 0.0468. The van der Waals surface area contributed by atoms with Crippen molar-refractivity contribution in [3.8, 4) is 11.5 Å². The van der Waals surface area contributed by atoms with Crippen molar-refractivity contribution in [2.45, 2.75) is 33.6 Å². The maximum absolute atomic E-state index is 12.3. The van der Waals surface area contributed by atoms with Gasteiger partial charge in [-0.05, 0) is 20.8 Å². The number of carbonyl (C=O) groups excluding carboxylic acids is 3. The SMILES string of the molecule is CCOc1cc(N2CCOCC2)c(OCC)cc1NC(=O)COC(=O)CCC(C)=O.